The number of nitrogens with zero attached hydrogens (tertiary/aromatic N) is 1. The molecule has 23 heavy (non-hydrogen) atoms. The summed E-state index contributed by atoms with van der Waals surface area (Å²) in [4.78, 5) is 15.5. The smallest absolute Gasteiger partial charge is 0.433 e. The van der Waals surface area contributed by atoms with Gasteiger partial charge in [-0.3, -0.25) is 9.78 Å². The first kappa shape index (κ1) is 16.9. The Bertz CT molecular complexity index is 696. The minimum atomic E-state index is -4.49. The zero-order valence-electron chi connectivity index (χ0n) is 12.2. The van der Waals surface area contributed by atoms with E-state index in [0.717, 1.165) is 24.4 Å². The van der Waals surface area contributed by atoms with Gasteiger partial charge in [0.1, 0.15) is 17.3 Å². The van der Waals surface area contributed by atoms with Crippen molar-refractivity contribution in [2.24, 2.45) is 0 Å². The highest BCUT2D eigenvalue weighted by Gasteiger charge is 2.31. The quantitative estimate of drug-likeness (QED) is 0.614. The van der Waals surface area contributed by atoms with E-state index >= 15 is 0 Å². The number of halogens is 4. The van der Waals surface area contributed by atoms with Crippen molar-refractivity contribution in [2.75, 3.05) is 7.11 Å². The van der Waals surface area contributed by atoms with E-state index in [9.17, 15) is 22.4 Å². The number of hydrogen-bond acceptors (Lipinski definition) is 3. The lowest BCUT2D eigenvalue weighted by molar-refractivity contribution is -0.141. The zero-order chi connectivity index (χ0) is 17.0. The van der Waals surface area contributed by atoms with Crippen LogP contribution in [-0.4, -0.2) is 17.9 Å². The first-order valence-electron chi connectivity index (χ1n) is 6.70. The molecule has 7 heteroatoms. The third kappa shape index (κ3) is 4.28. The molecule has 0 N–H and O–H groups in total. The first-order chi connectivity index (χ1) is 10.8. The maximum absolute atomic E-state index is 13.1. The number of carbonyl (C=O) groups is 1. The predicted octanol–water partition coefficient (Wildman–Crippen LogP) is 4.06. The van der Waals surface area contributed by atoms with E-state index in [4.69, 9.17) is 4.74 Å². The number of rotatable bonds is 5. The van der Waals surface area contributed by atoms with Crippen LogP contribution >= 0.6 is 0 Å². The number of ketones is 1. The maximum Gasteiger partial charge on any atom is 0.433 e. The summed E-state index contributed by atoms with van der Waals surface area (Å²) >= 11 is 0. The molecule has 0 saturated carbocycles. The standard InChI is InChI=1S/C16H13F4NO2/c1-23-14-8-11(17)4-5-12(14)13(22)6-2-10-3-7-15(21-9-10)16(18,19)20/h3-5,7-9H,2,6H2,1H3. The van der Waals surface area contributed by atoms with Crippen LogP contribution in [0.25, 0.3) is 0 Å². The van der Waals surface area contributed by atoms with Crippen molar-refractivity contribution in [2.45, 2.75) is 19.0 Å². The van der Waals surface area contributed by atoms with Crippen molar-refractivity contribution in [3.8, 4) is 5.75 Å². The molecule has 1 aromatic heterocycles. The fourth-order valence-corrected chi connectivity index (χ4v) is 2.03. The molecule has 0 atom stereocenters. The fourth-order valence-electron chi connectivity index (χ4n) is 2.03. The molecule has 0 amide bonds. The Labute approximate surface area is 129 Å². The predicted molar refractivity (Wildman–Crippen MR) is 74.8 cm³/mol. The van der Waals surface area contributed by atoms with Crippen molar-refractivity contribution in [3.05, 3.63) is 59.2 Å². The van der Waals surface area contributed by atoms with Gasteiger partial charge in [-0.05, 0) is 30.2 Å². The minimum absolute atomic E-state index is 0.0506. The van der Waals surface area contributed by atoms with E-state index in [1.54, 1.807) is 0 Å². The van der Waals surface area contributed by atoms with Gasteiger partial charge in [-0.2, -0.15) is 13.2 Å². The molecule has 0 fully saturated rings. The van der Waals surface area contributed by atoms with E-state index in [2.05, 4.69) is 4.98 Å². The second kappa shape index (κ2) is 6.76. The van der Waals surface area contributed by atoms with Gasteiger partial charge in [-0.1, -0.05) is 6.07 Å². The van der Waals surface area contributed by atoms with Crippen molar-refractivity contribution in [1.82, 2.24) is 4.98 Å². The third-order valence-electron chi connectivity index (χ3n) is 3.22. The van der Waals surface area contributed by atoms with Crippen molar-refractivity contribution in [3.63, 3.8) is 0 Å². The van der Waals surface area contributed by atoms with Crippen molar-refractivity contribution >= 4 is 5.78 Å². The Kier molecular flexibility index (Phi) is 4.98. The lowest BCUT2D eigenvalue weighted by atomic mass is 10.0. The summed E-state index contributed by atoms with van der Waals surface area (Å²) in [6.45, 7) is 0. The monoisotopic (exact) mass is 327 g/mol. The normalized spacial score (nSPS) is 11.3. The number of aryl methyl sites for hydroxylation is 1. The molecule has 2 rings (SSSR count). The van der Waals surface area contributed by atoms with Crippen LogP contribution in [0.1, 0.15) is 28.0 Å². The molecule has 0 aliphatic rings. The van der Waals surface area contributed by atoms with Gasteiger partial charge >= 0.3 is 6.18 Å². The molecule has 0 radical (unpaired) electrons. The summed E-state index contributed by atoms with van der Waals surface area (Å²) in [5.74, 6) is -0.687. The van der Waals surface area contributed by atoms with E-state index in [1.807, 2.05) is 0 Å². The SMILES string of the molecule is COc1cc(F)ccc1C(=O)CCc1ccc(C(F)(F)F)nc1. The van der Waals surface area contributed by atoms with E-state index in [1.165, 1.54) is 19.2 Å². The molecule has 0 aliphatic carbocycles. The van der Waals surface area contributed by atoms with Crippen LogP contribution in [0.3, 0.4) is 0 Å². The number of methoxy groups -OCH3 is 1. The highest BCUT2D eigenvalue weighted by Crippen LogP contribution is 2.27. The van der Waals surface area contributed by atoms with Gasteiger partial charge in [0.25, 0.3) is 0 Å². The second-order valence-corrected chi connectivity index (χ2v) is 4.82. The van der Waals surface area contributed by atoms with Crippen LogP contribution in [0.15, 0.2) is 36.5 Å². The second-order valence-electron chi connectivity index (χ2n) is 4.82. The van der Waals surface area contributed by atoms with Gasteiger partial charge in [0.2, 0.25) is 0 Å². The summed E-state index contributed by atoms with van der Waals surface area (Å²) in [6, 6.07) is 5.73. The topological polar surface area (TPSA) is 39.2 Å². The first-order valence-corrected chi connectivity index (χ1v) is 6.70. The molecule has 0 saturated heterocycles. The van der Waals surface area contributed by atoms with Gasteiger partial charge in [0.15, 0.2) is 5.78 Å². The number of ether oxygens (including phenoxy) is 1. The zero-order valence-corrected chi connectivity index (χ0v) is 12.2. The van der Waals surface area contributed by atoms with Crippen LogP contribution in [0.2, 0.25) is 0 Å². The molecular weight excluding hydrogens is 314 g/mol. The van der Waals surface area contributed by atoms with Crippen LogP contribution in [-0.2, 0) is 12.6 Å². The molecule has 0 spiro atoms. The lowest BCUT2D eigenvalue weighted by Crippen LogP contribution is -2.08. The molecule has 0 unspecified atom stereocenters. The van der Waals surface area contributed by atoms with Crippen LogP contribution in [0.4, 0.5) is 17.6 Å². The van der Waals surface area contributed by atoms with Gasteiger partial charge in [0.05, 0.1) is 12.7 Å². The lowest BCUT2D eigenvalue weighted by Gasteiger charge is -2.08. The number of benzene rings is 1. The molecule has 122 valence electrons. The molecule has 3 nitrogen and oxygen atoms in total. The van der Waals surface area contributed by atoms with E-state index in [0.29, 0.717) is 5.56 Å². The Morgan fingerprint density at radius 1 is 1.22 bits per heavy atom. The number of Topliss-reactive ketones (excluding diaryl/α,β-unsaturated/α-hetero) is 1. The molecule has 2 aromatic rings. The molecule has 1 heterocycles. The van der Waals surface area contributed by atoms with Crippen LogP contribution < -0.4 is 4.74 Å². The highest BCUT2D eigenvalue weighted by molar-refractivity contribution is 5.98. The molecule has 0 bridgehead atoms. The van der Waals surface area contributed by atoms with Crippen LogP contribution in [0, 0.1) is 5.82 Å². The Hall–Kier alpha value is -2.44. The number of hydrogen-bond donors (Lipinski definition) is 0. The third-order valence-corrected chi connectivity index (χ3v) is 3.22. The Morgan fingerprint density at radius 2 is 1.96 bits per heavy atom. The summed E-state index contributed by atoms with van der Waals surface area (Å²) in [5, 5.41) is 0. The van der Waals surface area contributed by atoms with E-state index in [-0.39, 0.29) is 29.9 Å². The van der Waals surface area contributed by atoms with Gasteiger partial charge in [-0.15, -0.1) is 0 Å². The summed E-state index contributed by atoms with van der Waals surface area (Å²) in [7, 11) is 1.32. The number of carbonyl (C=O) groups excluding carboxylic acids is 1. The Balaban J connectivity index is 2.05. The maximum atomic E-state index is 13.1. The average Bonchev–Trinajstić information content (AvgIpc) is 2.52. The van der Waals surface area contributed by atoms with Crippen molar-refractivity contribution < 1.29 is 27.1 Å². The number of aromatic nitrogens is 1. The molecular formula is C16H13F4NO2. The molecule has 1 aromatic carbocycles. The minimum Gasteiger partial charge on any atom is -0.496 e. The van der Waals surface area contributed by atoms with Gasteiger partial charge < -0.3 is 4.74 Å². The largest absolute Gasteiger partial charge is 0.496 e. The number of alkyl halides is 3. The van der Waals surface area contributed by atoms with E-state index < -0.39 is 17.7 Å². The fraction of sp³-hybridized carbons (Fsp3) is 0.250. The summed E-state index contributed by atoms with van der Waals surface area (Å²) < 4.78 is 55.3. The van der Waals surface area contributed by atoms with Gasteiger partial charge in [0, 0.05) is 18.7 Å². The average molecular weight is 327 g/mol. The van der Waals surface area contributed by atoms with Crippen molar-refractivity contribution in [1.29, 1.82) is 0 Å². The summed E-state index contributed by atoms with van der Waals surface area (Å²) in [5.41, 5.74) is -0.242. The highest BCUT2D eigenvalue weighted by atomic mass is 19.4. The molecule has 0 aliphatic heterocycles. The summed E-state index contributed by atoms with van der Waals surface area (Å²) in [6.07, 6.45) is -3.12. The Morgan fingerprint density at radius 3 is 2.52 bits per heavy atom. The van der Waals surface area contributed by atoms with Gasteiger partial charge in [-0.25, -0.2) is 4.39 Å². The number of pyridine rings is 1. The van der Waals surface area contributed by atoms with Crippen LogP contribution in [0.5, 0.6) is 5.75 Å².